The molecule has 0 bridgehead atoms. The Bertz CT molecular complexity index is 608. The van der Waals surface area contributed by atoms with Crippen molar-refractivity contribution in [1.29, 1.82) is 5.26 Å². The minimum absolute atomic E-state index is 0.569. The number of anilines is 1. The van der Waals surface area contributed by atoms with Gasteiger partial charge in [0.2, 0.25) is 0 Å². The maximum Gasteiger partial charge on any atom is 0.128 e. The van der Waals surface area contributed by atoms with Crippen molar-refractivity contribution in [3.8, 4) is 6.07 Å². The fourth-order valence-corrected chi connectivity index (χ4v) is 1.85. The molecule has 2 rings (SSSR count). The second-order valence-corrected chi connectivity index (χ2v) is 4.22. The molecule has 0 saturated heterocycles. The number of nitriles is 1. The number of hydrogen-bond donors (Lipinski definition) is 1. The van der Waals surface area contributed by atoms with Gasteiger partial charge in [-0.15, -0.1) is 0 Å². The maximum absolute atomic E-state index is 9.18. The van der Waals surface area contributed by atoms with Gasteiger partial charge in [-0.25, -0.2) is 4.98 Å². The number of nitrogens with one attached hydrogen (secondary N) is 1. The van der Waals surface area contributed by atoms with Gasteiger partial charge in [-0.3, -0.25) is 0 Å². The van der Waals surface area contributed by atoms with Crippen molar-refractivity contribution < 1.29 is 9.47 Å². The molecule has 0 amide bonds. The largest absolute Gasteiger partial charge is 0.382 e. The lowest BCUT2D eigenvalue weighted by Gasteiger charge is -2.08. The summed E-state index contributed by atoms with van der Waals surface area (Å²) in [7, 11) is 1.64. The first-order chi connectivity index (χ1) is 9.85. The minimum atomic E-state index is 0.569. The molecule has 20 heavy (non-hydrogen) atoms. The predicted octanol–water partition coefficient (Wildman–Crippen LogP) is 2.18. The van der Waals surface area contributed by atoms with Crippen LogP contribution in [0.2, 0.25) is 0 Å². The van der Waals surface area contributed by atoms with E-state index in [-0.39, 0.29) is 0 Å². The van der Waals surface area contributed by atoms with Gasteiger partial charge in [-0.05, 0) is 12.1 Å². The fourth-order valence-electron chi connectivity index (χ4n) is 1.85. The minimum Gasteiger partial charge on any atom is -0.382 e. The molecule has 104 valence electrons. The lowest BCUT2D eigenvalue weighted by molar-refractivity contribution is 0.0759. The van der Waals surface area contributed by atoms with E-state index in [1.54, 1.807) is 13.2 Å². The van der Waals surface area contributed by atoms with Crippen molar-refractivity contribution in [2.45, 2.75) is 0 Å². The van der Waals surface area contributed by atoms with Crippen LogP contribution in [0.3, 0.4) is 0 Å². The molecule has 0 fully saturated rings. The Kier molecular flexibility index (Phi) is 5.30. The van der Waals surface area contributed by atoms with Gasteiger partial charge in [0.05, 0.1) is 37.0 Å². The van der Waals surface area contributed by atoms with Crippen molar-refractivity contribution in [3.05, 3.63) is 35.9 Å². The van der Waals surface area contributed by atoms with E-state index in [9.17, 15) is 5.26 Å². The van der Waals surface area contributed by atoms with E-state index >= 15 is 0 Å². The molecule has 0 spiro atoms. The third-order valence-corrected chi connectivity index (χ3v) is 2.82. The van der Waals surface area contributed by atoms with Crippen LogP contribution in [0.4, 0.5) is 5.82 Å². The average Bonchev–Trinajstić information content (AvgIpc) is 2.50. The Morgan fingerprint density at radius 3 is 2.90 bits per heavy atom. The number of fused-ring (bicyclic) bond motifs is 1. The molecule has 0 aliphatic carbocycles. The number of nitrogens with zero attached hydrogens (tertiary/aromatic N) is 2. The van der Waals surface area contributed by atoms with E-state index < -0.39 is 0 Å². The molecule has 0 saturated carbocycles. The van der Waals surface area contributed by atoms with Crippen LogP contribution < -0.4 is 5.32 Å². The highest BCUT2D eigenvalue weighted by Gasteiger charge is 2.04. The van der Waals surface area contributed by atoms with Gasteiger partial charge in [-0.1, -0.05) is 18.2 Å². The Hall–Kier alpha value is -2.16. The quantitative estimate of drug-likeness (QED) is 0.782. The van der Waals surface area contributed by atoms with E-state index in [1.165, 1.54) is 0 Å². The topological polar surface area (TPSA) is 67.2 Å². The van der Waals surface area contributed by atoms with Crippen LogP contribution in [-0.2, 0) is 9.47 Å². The first-order valence-electron chi connectivity index (χ1n) is 6.45. The molecule has 1 aromatic heterocycles. The van der Waals surface area contributed by atoms with E-state index in [1.807, 2.05) is 24.3 Å². The maximum atomic E-state index is 9.18. The normalized spacial score (nSPS) is 10.4. The molecule has 1 heterocycles. The summed E-state index contributed by atoms with van der Waals surface area (Å²) in [6.07, 6.45) is 0. The average molecular weight is 271 g/mol. The number of aromatic nitrogens is 1. The summed E-state index contributed by atoms with van der Waals surface area (Å²) in [4.78, 5) is 4.48. The van der Waals surface area contributed by atoms with Gasteiger partial charge in [0.1, 0.15) is 5.82 Å². The Labute approximate surface area is 118 Å². The van der Waals surface area contributed by atoms with Crippen molar-refractivity contribution in [2.75, 3.05) is 38.8 Å². The molecular formula is C15H17N3O2. The second kappa shape index (κ2) is 7.43. The zero-order chi connectivity index (χ0) is 14.2. The lowest BCUT2D eigenvalue weighted by atomic mass is 10.1. The molecule has 0 radical (unpaired) electrons. The van der Waals surface area contributed by atoms with Gasteiger partial charge in [-0.2, -0.15) is 5.26 Å². The number of hydrogen-bond acceptors (Lipinski definition) is 5. The zero-order valence-corrected chi connectivity index (χ0v) is 11.4. The van der Waals surface area contributed by atoms with Crippen LogP contribution in [0, 0.1) is 11.3 Å². The fraction of sp³-hybridized carbons (Fsp3) is 0.333. The standard InChI is InChI=1S/C15H17N3O2/c1-19-8-9-20-7-6-17-15-10-12(11-16)13-4-2-3-5-14(13)18-15/h2-5,10H,6-9H2,1H3,(H,17,18). The summed E-state index contributed by atoms with van der Waals surface area (Å²) in [6, 6.07) is 11.6. The molecule has 0 aliphatic rings. The molecule has 5 heteroatoms. The van der Waals surface area contributed by atoms with Gasteiger partial charge >= 0.3 is 0 Å². The monoisotopic (exact) mass is 271 g/mol. The summed E-state index contributed by atoms with van der Waals surface area (Å²) in [5, 5.41) is 13.2. The number of benzene rings is 1. The van der Waals surface area contributed by atoms with Gasteiger partial charge in [0, 0.05) is 19.0 Å². The third kappa shape index (κ3) is 3.67. The number of para-hydroxylation sites is 1. The number of rotatable bonds is 7. The number of ether oxygens (including phenoxy) is 2. The molecule has 2 aromatic rings. The summed E-state index contributed by atoms with van der Waals surface area (Å²) in [5.74, 6) is 0.690. The molecule has 5 nitrogen and oxygen atoms in total. The van der Waals surface area contributed by atoms with E-state index in [2.05, 4.69) is 16.4 Å². The number of methoxy groups -OCH3 is 1. The van der Waals surface area contributed by atoms with Crippen LogP contribution in [0.15, 0.2) is 30.3 Å². The molecule has 0 unspecified atom stereocenters. The van der Waals surface area contributed by atoms with Gasteiger partial charge in [0.15, 0.2) is 0 Å². The molecule has 1 N–H and O–H groups in total. The van der Waals surface area contributed by atoms with Crippen molar-refractivity contribution in [2.24, 2.45) is 0 Å². The summed E-state index contributed by atoms with van der Waals surface area (Å²) in [6.45, 7) is 2.37. The van der Waals surface area contributed by atoms with E-state index in [0.29, 0.717) is 37.7 Å². The smallest absolute Gasteiger partial charge is 0.128 e. The first kappa shape index (κ1) is 14.3. The molecule has 0 aliphatic heterocycles. The van der Waals surface area contributed by atoms with Crippen molar-refractivity contribution >= 4 is 16.7 Å². The second-order valence-electron chi connectivity index (χ2n) is 4.22. The van der Waals surface area contributed by atoms with Crippen LogP contribution in [0.5, 0.6) is 0 Å². The highest BCUT2D eigenvalue weighted by molar-refractivity contribution is 5.86. The van der Waals surface area contributed by atoms with Crippen LogP contribution in [-0.4, -0.2) is 38.5 Å². The highest BCUT2D eigenvalue weighted by Crippen LogP contribution is 2.19. The summed E-state index contributed by atoms with van der Waals surface area (Å²) in [5.41, 5.74) is 1.44. The highest BCUT2D eigenvalue weighted by atomic mass is 16.5. The summed E-state index contributed by atoms with van der Waals surface area (Å²) < 4.78 is 10.3. The zero-order valence-electron chi connectivity index (χ0n) is 11.4. The molecule has 0 atom stereocenters. The van der Waals surface area contributed by atoms with E-state index in [4.69, 9.17) is 9.47 Å². The van der Waals surface area contributed by atoms with Gasteiger partial charge in [0.25, 0.3) is 0 Å². The predicted molar refractivity (Wildman–Crippen MR) is 77.6 cm³/mol. The Morgan fingerprint density at radius 2 is 2.10 bits per heavy atom. The van der Waals surface area contributed by atoms with Crippen molar-refractivity contribution in [3.63, 3.8) is 0 Å². The first-order valence-corrected chi connectivity index (χ1v) is 6.45. The number of pyridine rings is 1. The van der Waals surface area contributed by atoms with Crippen LogP contribution in [0.25, 0.3) is 10.9 Å². The van der Waals surface area contributed by atoms with Crippen LogP contribution in [0.1, 0.15) is 5.56 Å². The summed E-state index contributed by atoms with van der Waals surface area (Å²) >= 11 is 0. The SMILES string of the molecule is COCCOCCNc1cc(C#N)c2ccccc2n1. The molecule has 1 aromatic carbocycles. The van der Waals surface area contributed by atoms with E-state index in [0.717, 1.165) is 10.9 Å². The van der Waals surface area contributed by atoms with Gasteiger partial charge < -0.3 is 14.8 Å². The molecular weight excluding hydrogens is 254 g/mol. The Morgan fingerprint density at radius 1 is 1.25 bits per heavy atom. The third-order valence-electron chi connectivity index (χ3n) is 2.82. The van der Waals surface area contributed by atoms with Crippen molar-refractivity contribution in [1.82, 2.24) is 4.98 Å². The lowest BCUT2D eigenvalue weighted by Crippen LogP contribution is -2.12. The Balaban J connectivity index is 1.99. The van der Waals surface area contributed by atoms with Crippen LogP contribution >= 0.6 is 0 Å².